The van der Waals surface area contributed by atoms with Crippen molar-refractivity contribution >= 4 is 41.7 Å². The summed E-state index contributed by atoms with van der Waals surface area (Å²) >= 11 is 0. The summed E-state index contributed by atoms with van der Waals surface area (Å²) in [5.74, 6) is 0.125. The fraction of sp³-hybridized carbons (Fsp3) is 0.484. The van der Waals surface area contributed by atoms with Crippen molar-refractivity contribution in [2.75, 3.05) is 30.4 Å². The molecule has 0 atom stereocenters. The fourth-order valence-corrected chi connectivity index (χ4v) is 3.64. The largest absolute Gasteiger partial charge is 0.443 e. The number of aromatic nitrogens is 2. The van der Waals surface area contributed by atoms with Crippen LogP contribution in [0.3, 0.4) is 0 Å². The van der Waals surface area contributed by atoms with Crippen LogP contribution in [0.2, 0.25) is 0 Å². The number of nitrogens with one attached hydrogen (secondary N) is 3. The first-order valence-electron chi connectivity index (χ1n) is 14.3. The second-order valence-electron chi connectivity index (χ2n) is 11.6. The molecule has 0 saturated carbocycles. The van der Waals surface area contributed by atoms with E-state index in [9.17, 15) is 19.2 Å². The molecule has 0 radical (unpaired) electrons. The first kappa shape index (κ1) is 34.7. The molecule has 4 amide bonds. The van der Waals surface area contributed by atoms with Gasteiger partial charge in [0.15, 0.2) is 0 Å². The standard InChI is InChI=1S/C31H44N6O6/c1-9-33-26-23(27(39)32-8)16-15-22(36-26)12-10-11-19-34-25(38)18-14-21-13-17-24(35-20-21)37(28(40)42-30(2,3)4)29(41)43-31(5,6)7/h13-18,20H,9-12,19H2,1-8H3,(H,32,39)(H,33,36)(H,34,38)/b18-14+. The van der Waals surface area contributed by atoms with Crippen LogP contribution in [0.1, 0.15) is 82.9 Å². The molecular weight excluding hydrogens is 552 g/mol. The van der Waals surface area contributed by atoms with Gasteiger partial charge in [0.05, 0.1) is 5.56 Å². The predicted molar refractivity (Wildman–Crippen MR) is 166 cm³/mol. The molecule has 0 saturated heterocycles. The summed E-state index contributed by atoms with van der Waals surface area (Å²) in [7, 11) is 1.58. The Balaban J connectivity index is 1.92. The molecule has 2 rings (SSSR count). The number of hydrogen-bond acceptors (Lipinski definition) is 9. The van der Waals surface area contributed by atoms with Gasteiger partial charge in [-0.3, -0.25) is 9.59 Å². The Morgan fingerprint density at radius 2 is 1.58 bits per heavy atom. The summed E-state index contributed by atoms with van der Waals surface area (Å²) in [5.41, 5.74) is 0.289. The van der Waals surface area contributed by atoms with Gasteiger partial charge in [0.1, 0.15) is 22.8 Å². The van der Waals surface area contributed by atoms with Crippen molar-refractivity contribution in [1.29, 1.82) is 0 Å². The minimum atomic E-state index is -0.910. The number of amides is 4. The second kappa shape index (κ2) is 15.7. The average Bonchev–Trinajstić information content (AvgIpc) is 2.90. The molecule has 0 aliphatic carbocycles. The van der Waals surface area contributed by atoms with E-state index in [0.29, 0.717) is 36.5 Å². The van der Waals surface area contributed by atoms with E-state index in [4.69, 9.17) is 9.47 Å². The number of carbonyl (C=O) groups excluding carboxylic acids is 4. The van der Waals surface area contributed by atoms with Gasteiger partial charge in [-0.2, -0.15) is 4.90 Å². The summed E-state index contributed by atoms with van der Waals surface area (Å²) in [6.45, 7) is 13.2. The Morgan fingerprint density at radius 1 is 0.930 bits per heavy atom. The van der Waals surface area contributed by atoms with Gasteiger partial charge in [-0.1, -0.05) is 0 Å². The van der Waals surface area contributed by atoms with Gasteiger partial charge in [-0.25, -0.2) is 19.6 Å². The lowest BCUT2D eigenvalue weighted by Crippen LogP contribution is -2.44. The van der Waals surface area contributed by atoms with E-state index in [1.807, 2.05) is 13.0 Å². The molecule has 0 aromatic carbocycles. The maximum atomic E-state index is 12.8. The molecule has 3 N–H and O–H groups in total. The molecule has 2 aromatic heterocycles. The van der Waals surface area contributed by atoms with Crippen LogP contribution in [-0.4, -0.2) is 65.3 Å². The van der Waals surface area contributed by atoms with Crippen molar-refractivity contribution in [2.24, 2.45) is 0 Å². The van der Waals surface area contributed by atoms with Crippen molar-refractivity contribution in [3.05, 3.63) is 53.4 Å². The van der Waals surface area contributed by atoms with Crippen molar-refractivity contribution < 1.29 is 28.7 Å². The van der Waals surface area contributed by atoms with Gasteiger partial charge in [-0.05, 0) is 104 Å². The molecule has 2 heterocycles. The first-order valence-corrected chi connectivity index (χ1v) is 14.3. The van der Waals surface area contributed by atoms with Crippen LogP contribution in [0, 0.1) is 0 Å². The van der Waals surface area contributed by atoms with Gasteiger partial charge in [0, 0.05) is 38.1 Å². The summed E-state index contributed by atoms with van der Waals surface area (Å²) in [5, 5.41) is 8.58. The normalized spacial score (nSPS) is 11.5. The summed E-state index contributed by atoms with van der Waals surface area (Å²) in [4.78, 5) is 59.4. The second-order valence-corrected chi connectivity index (χ2v) is 11.6. The molecule has 12 nitrogen and oxygen atoms in total. The van der Waals surface area contributed by atoms with Crippen LogP contribution < -0.4 is 20.9 Å². The number of aryl methyl sites for hydroxylation is 1. The maximum Gasteiger partial charge on any atom is 0.425 e. The summed E-state index contributed by atoms with van der Waals surface area (Å²) < 4.78 is 10.7. The van der Waals surface area contributed by atoms with Crippen molar-refractivity contribution in [3.8, 4) is 0 Å². The van der Waals surface area contributed by atoms with Crippen LogP contribution in [0.5, 0.6) is 0 Å². The molecule has 234 valence electrons. The zero-order chi connectivity index (χ0) is 32.2. The third-order valence-electron chi connectivity index (χ3n) is 5.51. The van der Waals surface area contributed by atoms with Crippen LogP contribution in [0.25, 0.3) is 6.08 Å². The van der Waals surface area contributed by atoms with Crippen molar-refractivity contribution in [3.63, 3.8) is 0 Å². The minimum Gasteiger partial charge on any atom is -0.443 e. The number of imide groups is 1. The van der Waals surface area contributed by atoms with Crippen LogP contribution >= 0.6 is 0 Å². The van der Waals surface area contributed by atoms with E-state index in [1.165, 1.54) is 18.3 Å². The highest BCUT2D eigenvalue weighted by Gasteiger charge is 2.33. The van der Waals surface area contributed by atoms with Gasteiger partial charge < -0.3 is 25.4 Å². The van der Waals surface area contributed by atoms with Crippen LogP contribution in [0.4, 0.5) is 21.2 Å². The van der Waals surface area contributed by atoms with Gasteiger partial charge in [0.2, 0.25) is 5.91 Å². The molecule has 0 unspecified atom stereocenters. The van der Waals surface area contributed by atoms with E-state index < -0.39 is 23.4 Å². The first-order chi connectivity index (χ1) is 20.1. The lowest BCUT2D eigenvalue weighted by molar-refractivity contribution is -0.116. The Bertz CT molecular complexity index is 1270. The Morgan fingerprint density at radius 3 is 2.12 bits per heavy atom. The third-order valence-corrected chi connectivity index (χ3v) is 5.51. The molecule has 0 aliphatic heterocycles. The van der Waals surface area contributed by atoms with Gasteiger partial charge in [-0.15, -0.1) is 0 Å². The summed E-state index contributed by atoms with van der Waals surface area (Å²) in [6.07, 6.45) is 4.84. The average molecular weight is 597 g/mol. The smallest absolute Gasteiger partial charge is 0.425 e. The van der Waals surface area contributed by atoms with Crippen LogP contribution in [-0.2, 0) is 20.7 Å². The molecule has 0 spiro atoms. The number of carbonyl (C=O) groups is 4. The zero-order valence-corrected chi connectivity index (χ0v) is 26.4. The van der Waals surface area contributed by atoms with E-state index in [-0.39, 0.29) is 17.6 Å². The lowest BCUT2D eigenvalue weighted by atomic mass is 10.1. The molecule has 2 aromatic rings. The van der Waals surface area contributed by atoms with Gasteiger partial charge >= 0.3 is 12.2 Å². The van der Waals surface area contributed by atoms with E-state index >= 15 is 0 Å². The minimum absolute atomic E-state index is 0.0282. The van der Waals surface area contributed by atoms with E-state index in [1.54, 1.807) is 66.8 Å². The summed E-state index contributed by atoms with van der Waals surface area (Å²) in [6, 6.07) is 6.70. The van der Waals surface area contributed by atoms with Crippen molar-refractivity contribution in [2.45, 2.75) is 78.9 Å². The number of nitrogens with zero attached hydrogens (tertiary/aromatic N) is 3. The Hall–Kier alpha value is -4.48. The molecule has 12 heteroatoms. The topological polar surface area (TPSA) is 152 Å². The zero-order valence-electron chi connectivity index (χ0n) is 26.4. The fourth-order valence-electron chi connectivity index (χ4n) is 3.64. The highest BCUT2D eigenvalue weighted by molar-refractivity contribution is 6.08. The monoisotopic (exact) mass is 596 g/mol. The highest BCUT2D eigenvalue weighted by Crippen LogP contribution is 2.21. The molecule has 43 heavy (non-hydrogen) atoms. The number of unbranched alkanes of at least 4 members (excludes halogenated alkanes) is 1. The number of ether oxygens (including phenoxy) is 2. The Kier molecular flexibility index (Phi) is 12.6. The lowest BCUT2D eigenvalue weighted by Gasteiger charge is -2.28. The quantitative estimate of drug-likeness (QED) is 0.238. The molecule has 0 fully saturated rings. The number of rotatable bonds is 11. The van der Waals surface area contributed by atoms with E-state index in [2.05, 4.69) is 25.9 Å². The third kappa shape index (κ3) is 12.1. The number of anilines is 2. The highest BCUT2D eigenvalue weighted by atomic mass is 16.6. The SMILES string of the molecule is CCNc1nc(CCCCNC(=O)/C=C/c2ccc(N(C(=O)OC(C)(C)C)C(=O)OC(C)(C)C)nc2)ccc1C(=O)NC. The molecule has 0 aliphatic rings. The number of hydrogen-bond donors (Lipinski definition) is 3. The number of pyridine rings is 2. The predicted octanol–water partition coefficient (Wildman–Crippen LogP) is 5.10. The molecule has 0 bridgehead atoms. The van der Waals surface area contributed by atoms with Gasteiger partial charge in [0.25, 0.3) is 5.91 Å². The van der Waals surface area contributed by atoms with Crippen LogP contribution in [0.15, 0.2) is 36.5 Å². The Labute approximate surface area is 253 Å². The maximum absolute atomic E-state index is 12.8. The molecular formula is C31H44N6O6. The van der Waals surface area contributed by atoms with E-state index in [0.717, 1.165) is 23.4 Å². The van der Waals surface area contributed by atoms with Crippen molar-refractivity contribution in [1.82, 2.24) is 20.6 Å².